The monoisotopic (exact) mass is 426 g/mol. The Morgan fingerprint density at radius 1 is 0.938 bits per heavy atom. The van der Waals surface area contributed by atoms with Crippen molar-refractivity contribution in [2.75, 3.05) is 0 Å². The lowest BCUT2D eigenvalue weighted by Crippen LogP contribution is -2.07. The number of rotatable bonds is 9. The minimum absolute atomic E-state index is 0.248. The second kappa shape index (κ2) is 10.0. The zero-order valence-corrected chi connectivity index (χ0v) is 18.1. The van der Waals surface area contributed by atoms with E-state index in [1.807, 2.05) is 35.0 Å². The van der Waals surface area contributed by atoms with E-state index >= 15 is 0 Å². The maximum absolute atomic E-state index is 11.5. The third-order valence-corrected chi connectivity index (χ3v) is 5.39. The molecule has 0 aliphatic carbocycles. The fourth-order valence-corrected chi connectivity index (χ4v) is 3.74. The molecule has 2 aromatic carbocycles. The number of nitrogens with zero attached hydrogens (tertiary/aromatic N) is 4. The molecule has 2 aromatic heterocycles. The fourth-order valence-electron chi connectivity index (χ4n) is 3.74. The molecule has 4 aromatic rings. The van der Waals surface area contributed by atoms with E-state index in [2.05, 4.69) is 36.2 Å². The van der Waals surface area contributed by atoms with Crippen LogP contribution in [0.1, 0.15) is 46.5 Å². The van der Waals surface area contributed by atoms with Crippen molar-refractivity contribution in [3.8, 4) is 11.1 Å². The number of aromatic carboxylic acids is 1. The highest BCUT2D eigenvalue weighted by atomic mass is 16.4. The van der Waals surface area contributed by atoms with Crippen molar-refractivity contribution >= 4 is 5.97 Å². The van der Waals surface area contributed by atoms with Gasteiger partial charge in [0.2, 0.25) is 0 Å². The standard InChI is InChI=1S/C26H26N4O2/c1-2-6-25-28-24(14-11-19-7-4-3-5-8-19)29-30(25)18-20-9-12-21(13-10-20)23-17-27-16-15-22(23)26(31)32/h3-5,7-10,12-13,15-17H,2,6,11,14,18H2,1H3,(H,31,32). The molecule has 6 heteroatoms. The molecule has 4 rings (SSSR count). The van der Waals surface area contributed by atoms with Gasteiger partial charge in [-0.05, 0) is 35.6 Å². The molecule has 0 amide bonds. The Kier molecular flexibility index (Phi) is 6.70. The maximum Gasteiger partial charge on any atom is 0.336 e. The number of hydrogen-bond acceptors (Lipinski definition) is 4. The molecular formula is C26H26N4O2. The second-order valence-corrected chi connectivity index (χ2v) is 7.76. The van der Waals surface area contributed by atoms with E-state index in [0.717, 1.165) is 48.5 Å². The summed E-state index contributed by atoms with van der Waals surface area (Å²) in [4.78, 5) is 20.4. The van der Waals surface area contributed by atoms with Gasteiger partial charge in [0.25, 0.3) is 0 Å². The van der Waals surface area contributed by atoms with Crippen LogP contribution in [-0.2, 0) is 25.8 Å². The Morgan fingerprint density at radius 2 is 1.72 bits per heavy atom. The van der Waals surface area contributed by atoms with Crippen LogP contribution < -0.4 is 0 Å². The number of carboxylic acid groups (broad SMARTS) is 1. The highest BCUT2D eigenvalue weighted by Gasteiger charge is 2.13. The van der Waals surface area contributed by atoms with Gasteiger partial charge in [0, 0.05) is 30.8 Å². The zero-order chi connectivity index (χ0) is 22.3. The molecular weight excluding hydrogens is 400 g/mol. The first-order valence-electron chi connectivity index (χ1n) is 10.9. The molecule has 32 heavy (non-hydrogen) atoms. The minimum atomic E-state index is -0.957. The molecule has 0 radical (unpaired) electrons. The Morgan fingerprint density at radius 3 is 2.44 bits per heavy atom. The Labute approximate surface area is 187 Å². The van der Waals surface area contributed by atoms with Crippen LogP contribution in [0.25, 0.3) is 11.1 Å². The molecule has 2 heterocycles. The summed E-state index contributed by atoms with van der Waals surface area (Å²) in [6.45, 7) is 2.78. The van der Waals surface area contributed by atoms with E-state index < -0.39 is 5.97 Å². The molecule has 0 spiro atoms. The molecule has 0 saturated heterocycles. The lowest BCUT2D eigenvalue weighted by Gasteiger charge is -2.08. The fraction of sp³-hybridized carbons (Fsp3) is 0.231. The van der Waals surface area contributed by atoms with Gasteiger partial charge >= 0.3 is 5.97 Å². The molecule has 162 valence electrons. The lowest BCUT2D eigenvalue weighted by atomic mass is 10.0. The number of carboxylic acids is 1. The number of hydrogen-bond donors (Lipinski definition) is 1. The SMILES string of the molecule is CCCc1nc(CCc2ccccc2)nn1Cc1ccc(-c2cnccc2C(=O)O)cc1. The molecule has 0 fully saturated rings. The molecule has 0 atom stereocenters. The number of carbonyl (C=O) groups is 1. The summed E-state index contributed by atoms with van der Waals surface area (Å²) in [6.07, 6.45) is 6.71. The zero-order valence-electron chi connectivity index (χ0n) is 18.1. The van der Waals surface area contributed by atoms with Crippen LogP contribution in [0, 0.1) is 0 Å². The van der Waals surface area contributed by atoms with Crippen LogP contribution >= 0.6 is 0 Å². The summed E-state index contributed by atoms with van der Waals surface area (Å²) in [6, 6.07) is 19.8. The van der Waals surface area contributed by atoms with Gasteiger partial charge in [-0.3, -0.25) is 4.98 Å². The number of pyridine rings is 1. The highest BCUT2D eigenvalue weighted by Crippen LogP contribution is 2.23. The predicted octanol–water partition coefficient (Wildman–Crippen LogP) is 4.82. The molecule has 0 aliphatic rings. The van der Waals surface area contributed by atoms with E-state index in [4.69, 9.17) is 10.1 Å². The van der Waals surface area contributed by atoms with Crippen LogP contribution in [0.2, 0.25) is 0 Å². The molecule has 0 aliphatic heterocycles. The van der Waals surface area contributed by atoms with Gasteiger partial charge in [-0.15, -0.1) is 0 Å². The first kappa shape index (κ1) is 21.4. The average Bonchev–Trinajstić information content (AvgIpc) is 3.20. The third-order valence-electron chi connectivity index (χ3n) is 5.39. The molecule has 0 saturated carbocycles. The number of aromatic nitrogens is 4. The van der Waals surface area contributed by atoms with E-state index in [-0.39, 0.29) is 5.56 Å². The summed E-state index contributed by atoms with van der Waals surface area (Å²) in [5.41, 5.74) is 4.06. The first-order chi connectivity index (χ1) is 15.6. The van der Waals surface area contributed by atoms with Crippen LogP contribution in [0.15, 0.2) is 73.1 Å². The molecule has 0 unspecified atom stereocenters. The van der Waals surface area contributed by atoms with Crippen LogP contribution in [-0.4, -0.2) is 30.8 Å². The summed E-state index contributed by atoms with van der Waals surface area (Å²) in [7, 11) is 0. The summed E-state index contributed by atoms with van der Waals surface area (Å²) < 4.78 is 1.99. The quantitative estimate of drug-likeness (QED) is 0.415. The first-order valence-corrected chi connectivity index (χ1v) is 10.9. The van der Waals surface area contributed by atoms with Gasteiger partial charge in [0.1, 0.15) is 5.82 Å². The van der Waals surface area contributed by atoms with Crippen molar-refractivity contribution in [3.05, 3.63) is 101 Å². The van der Waals surface area contributed by atoms with Crippen molar-refractivity contribution < 1.29 is 9.90 Å². The van der Waals surface area contributed by atoms with Gasteiger partial charge in [0.05, 0.1) is 12.1 Å². The number of aryl methyl sites for hydroxylation is 3. The van der Waals surface area contributed by atoms with Crippen molar-refractivity contribution in [2.24, 2.45) is 0 Å². The summed E-state index contributed by atoms with van der Waals surface area (Å²) in [5, 5.41) is 14.2. The Bertz CT molecular complexity index is 1180. The lowest BCUT2D eigenvalue weighted by molar-refractivity contribution is 0.0697. The molecule has 0 bridgehead atoms. The van der Waals surface area contributed by atoms with Crippen LogP contribution in [0.3, 0.4) is 0 Å². The largest absolute Gasteiger partial charge is 0.478 e. The highest BCUT2D eigenvalue weighted by molar-refractivity contribution is 5.95. The van der Waals surface area contributed by atoms with E-state index in [1.165, 1.54) is 17.8 Å². The Hall–Kier alpha value is -3.80. The third kappa shape index (κ3) is 5.09. The van der Waals surface area contributed by atoms with Crippen molar-refractivity contribution in [1.82, 2.24) is 19.7 Å². The Balaban J connectivity index is 1.51. The smallest absolute Gasteiger partial charge is 0.336 e. The van der Waals surface area contributed by atoms with Crippen LogP contribution in [0.4, 0.5) is 0 Å². The van der Waals surface area contributed by atoms with E-state index in [0.29, 0.717) is 12.1 Å². The topological polar surface area (TPSA) is 80.9 Å². The van der Waals surface area contributed by atoms with Crippen molar-refractivity contribution in [3.63, 3.8) is 0 Å². The normalized spacial score (nSPS) is 10.9. The van der Waals surface area contributed by atoms with Gasteiger partial charge < -0.3 is 5.11 Å². The second-order valence-electron chi connectivity index (χ2n) is 7.76. The van der Waals surface area contributed by atoms with Gasteiger partial charge in [-0.25, -0.2) is 14.5 Å². The number of benzene rings is 2. The maximum atomic E-state index is 11.5. The van der Waals surface area contributed by atoms with Gasteiger partial charge in [-0.1, -0.05) is 61.5 Å². The van der Waals surface area contributed by atoms with Crippen molar-refractivity contribution in [1.29, 1.82) is 0 Å². The van der Waals surface area contributed by atoms with Gasteiger partial charge in [-0.2, -0.15) is 5.10 Å². The van der Waals surface area contributed by atoms with E-state index in [1.54, 1.807) is 6.20 Å². The van der Waals surface area contributed by atoms with Gasteiger partial charge in [0.15, 0.2) is 5.82 Å². The summed E-state index contributed by atoms with van der Waals surface area (Å²) in [5.74, 6) is 0.914. The van der Waals surface area contributed by atoms with Crippen LogP contribution in [0.5, 0.6) is 0 Å². The molecule has 1 N–H and O–H groups in total. The predicted molar refractivity (Wildman–Crippen MR) is 124 cm³/mol. The van der Waals surface area contributed by atoms with Crippen molar-refractivity contribution in [2.45, 2.75) is 39.2 Å². The summed E-state index contributed by atoms with van der Waals surface area (Å²) >= 11 is 0. The average molecular weight is 427 g/mol. The molecule has 6 nitrogen and oxygen atoms in total. The minimum Gasteiger partial charge on any atom is -0.478 e. The van der Waals surface area contributed by atoms with E-state index in [9.17, 15) is 9.90 Å².